The minimum atomic E-state index is -0.245. The molecule has 2 rings (SSSR count). The van der Waals surface area contributed by atoms with Crippen LogP contribution in [0.5, 0.6) is 0 Å². The Hall–Kier alpha value is -0.680. The number of hydrogen-bond donors (Lipinski definition) is 1. The second-order valence-corrected chi connectivity index (χ2v) is 6.88. The lowest BCUT2D eigenvalue weighted by atomic mass is 9.96. The smallest absolute Gasteiger partial charge is 0.208 e. The van der Waals surface area contributed by atoms with Crippen molar-refractivity contribution in [3.8, 4) is 0 Å². The van der Waals surface area contributed by atoms with Crippen LogP contribution in [0.2, 0.25) is 0 Å². The van der Waals surface area contributed by atoms with Gasteiger partial charge in [0.05, 0.1) is 6.10 Å². The highest BCUT2D eigenvalue weighted by Gasteiger charge is 2.27. The van der Waals surface area contributed by atoms with Crippen LogP contribution in [0.15, 0.2) is 0 Å². The lowest BCUT2D eigenvalue weighted by Gasteiger charge is -2.33. The van der Waals surface area contributed by atoms with Crippen molar-refractivity contribution in [2.45, 2.75) is 45.6 Å². The molecule has 1 saturated heterocycles. The number of aliphatic hydroxyl groups is 1. The fourth-order valence-electron chi connectivity index (χ4n) is 1.87. The number of nitrogens with zero attached hydrogens (tertiary/aromatic N) is 3. The van der Waals surface area contributed by atoms with Crippen molar-refractivity contribution in [1.82, 2.24) is 10.2 Å². The topological polar surface area (TPSA) is 49.2 Å². The van der Waals surface area contributed by atoms with E-state index < -0.39 is 0 Å². The Morgan fingerprint density at radius 2 is 2.06 bits per heavy atom. The van der Waals surface area contributed by atoms with Gasteiger partial charge >= 0.3 is 0 Å². The number of piperidine rings is 1. The summed E-state index contributed by atoms with van der Waals surface area (Å²) >= 11 is 1.64. The monoisotopic (exact) mass is 255 g/mol. The molecule has 0 radical (unpaired) electrons. The Labute approximate surface area is 107 Å². The van der Waals surface area contributed by atoms with Gasteiger partial charge in [0, 0.05) is 18.5 Å². The van der Waals surface area contributed by atoms with E-state index in [1.54, 1.807) is 11.3 Å². The molecule has 2 atom stereocenters. The van der Waals surface area contributed by atoms with E-state index in [2.05, 4.69) is 42.8 Å². The molecule has 96 valence electrons. The quantitative estimate of drug-likeness (QED) is 0.834. The molecule has 1 aromatic rings. The zero-order chi connectivity index (χ0) is 12.6. The molecule has 1 aliphatic rings. The number of anilines is 1. The van der Waals surface area contributed by atoms with Crippen LogP contribution in [-0.4, -0.2) is 34.5 Å². The van der Waals surface area contributed by atoms with E-state index in [1.807, 2.05) is 0 Å². The Morgan fingerprint density at radius 1 is 1.35 bits per heavy atom. The normalized spacial score (nSPS) is 26.3. The third-order valence-corrected chi connectivity index (χ3v) is 4.65. The van der Waals surface area contributed by atoms with E-state index in [-0.39, 0.29) is 11.5 Å². The molecule has 0 aromatic carbocycles. The number of rotatable bonds is 1. The van der Waals surface area contributed by atoms with Crippen molar-refractivity contribution >= 4 is 16.5 Å². The van der Waals surface area contributed by atoms with E-state index >= 15 is 0 Å². The molecule has 2 unspecified atom stereocenters. The SMILES string of the molecule is CC1CCN(c2nnc(C(C)(C)C)s2)CC1O. The maximum absolute atomic E-state index is 9.89. The molecule has 1 fully saturated rings. The first kappa shape index (κ1) is 12.8. The van der Waals surface area contributed by atoms with E-state index in [0.29, 0.717) is 12.5 Å². The van der Waals surface area contributed by atoms with E-state index in [1.165, 1.54) is 0 Å². The number of aliphatic hydroxyl groups excluding tert-OH is 1. The van der Waals surface area contributed by atoms with Crippen LogP contribution in [-0.2, 0) is 5.41 Å². The fourth-order valence-corrected chi connectivity index (χ4v) is 2.81. The molecule has 0 bridgehead atoms. The molecule has 0 amide bonds. The maximum Gasteiger partial charge on any atom is 0.208 e. The molecule has 0 saturated carbocycles. The van der Waals surface area contributed by atoms with Gasteiger partial charge in [-0.05, 0) is 12.3 Å². The highest BCUT2D eigenvalue weighted by atomic mass is 32.1. The molecule has 1 N–H and O–H groups in total. The third kappa shape index (κ3) is 2.77. The first-order valence-electron chi connectivity index (χ1n) is 6.15. The van der Waals surface area contributed by atoms with Crippen molar-refractivity contribution in [2.75, 3.05) is 18.0 Å². The van der Waals surface area contributed by atoms with Crippen LogP contribution in [0.3, 0.4) is 0 Å². The van der Waals surface area contributed by atoms with E-state index in [4.69, 9.17) is 0 Å². The fraction of sp³-hybridized carbons (Fsp3) is 0.833. The predicted octanol–water partition coefficient (Wildman–Crippen LogP) is 2.04. The first-order valence-corrected chi connectivity index (χ1v) is 6.96. The lowest BCUT2D eigenvalue weighted by molar-refractivity contribution is 0.103. The third-order valence-electron chi connectivity index (χ3n) is 3.25. The summed E-state index contributed by atoms with van der Waals surface area (Å²) in [6, 6.07) is 0. The molecule has 5 heteroatoms. The van der Waals surface area contributed by atoms with Gasteiger partial charge in [0.1, 0.15) is 5.01 Å². The molecular weight excluding hydrogens is 234 g/mol. The van der Waals surface area contributed by atoms with Gasteiger partial charge in [-0.2, -0.15) is 0 Å². The average Bonchev–Trinajstić information content (AvgIpc) is 2.70. The highest BCUT2D eigenvalue weighted by molar-refractivity contribution is 7.15. The zero-order valence-corrected chi connectivity index (χ0v) is 11.8. The molecule has 1 aliphatic heterocycles. The molecule has 0 aliphatic carbocycles. The second-order valence-electron chi connectivity index (χ2n) is 5.92. The summed E-state index contributed by atoms with van der Waals surface area (Å²) in [6.45, 7) is 10.2. The van der Waals surface area contributed by atoms with Crippen LogP contribution < -0.4 is 4.90 Å². The minimum absolute atomic E-state index is 0.0532. The molecular formula is C12H21N3OS. The van der Waals surface area contributed by atoms with E-state index in [0.717, 1.165) is 23.1 Å². The summed E-state index contributed by atoms with van der Waals surface area (Å²) in [5, 5.41) is 20.4. The van der Waals surface area contributed by atoms with Crippen LogP contribution in [0, 0.1) is 5.92 Å². The summed E-state index contributed by atoms with van der Waals surface area (Å²) in [6.07, 6.45) is 0.775. The molecule has 1 aromatic heterocycles. The summed E-state index contributed by atoms with van der Waals surface area (Å²) in [7, 11) is 0. The zero-order valence-electron chi connectivity index (χ0n) is 11.0. The van der Waals surface area contributed by atoms with Gasteiger partial charge < -0.3 is 10.0 Å². The van der Waals surface area contributed by atoms with Crippen LogP contribution in [0.4, 0.5) is 5.13 Å². The van der Waals surface area contributed by atoms with Crippen molar-refractivity contribution < 1.29 is 5.11 Å². The summed E-state index contributed by atoms with van der Waals surface area (Å²) in [5.74, 6) is 0.390. The minimum Gasteiger partial charge on any atom is -0.391 e. The number of hydrogen-bond acceptors (Lipinski definition) is 5. The highest BCUT2D eigenvalue weighted by Crippen LogP contribution is 2.31. The lowest BCUT2D eigenvalue weighted by Crippen LogP contribution is -2.42. The van der Waals surface area contributed by atoms with Crippen LogP contribution in [0.1, 0.15) is 39.1 Å². The van der Waals surface area contributed by atoms with Crippen molar-refractivity contribution in [3.05, 3.63) is 5.01 Å². The van der Waals surface area contributed by atoms with Gasteiger partial charge in [-0.1, -0.05) is 39.0 Å². The van der Waals surface area contributed by atoms with Gasteiger partial charge in [0.15, 0.2) is 0 Å². The number of β-amino-alcohol motifs (C(OH)–C–C–N with tert-alkyl or cyclic N) is 1. The van der Waals surface area contributed by atoms with E-state index in [9.17, 15) is 5.11 Å². The van der Waals surface area contributed by atoms with Gasteiger partial charge in [0.2, 0.25) is 5.13 Å². The molecule has 17 heavy (non-hydrogen) atoms. The van der Waals surface area contributed by atoms with Gasteiger partial charge in [-0.25, -0.2) is 0 Å². The van der Waals surface area contributed by atoms with Crippen LogP contribution in [0.25, 0.3) is 0 Å². The largest absolute Gasteiger partial charge is 0.391 e. The summed E-state index contributed by atoms with van der Waals surface area (Å²) in [4.78, 5) is 2.15. The number of aromatic nitrogens is 2. The van der Waals surface area contributed by atoms with Crippen molar-refractivity contribution in [3.63, 3.8) is 0 Å². The molecule has 2 heterocycles. The average molecular weight is 255 g/mol. The maximum atomic E-state index is 9.89. The van der Waals surface area contributed by atoms with Gasteiger partial charge in [-0.15, -0.1) is 10.2 Å². The Morgan fingerprint density at radius 3 is 2.59 bits per heavy atom. The molecule has 4 nitrogen and oxygen atoms in total. The molecule has 0 spiro atoms. The Balaban J connectivity index is 2.11. The van der Waals surface area contributed by atoms with Crippen molar-refractivity contribution in [2.24, 2.45) is 5.92 Å². The van der Waals surface area contributed by atoms with Crippen LogP contribution >= 0.6 is 11.3 Å². The van der Waals surface area contributed by atoms with Gasteiger partial charge in [0.25, 0.3) is 0 Å². The predicted molar refractivity (Wildman–Crippen MR) is 70.6 cm³/mol. The summed E-state index contributed by atoms with van der Waals surface area (Å²) in [5.41, 5.74) is 0.0532. The Bertz CT molecular complexity index is 385. The summed E-state index contributed by atoms with van der Waals surface area (Å²) < 4.78 is 0. The second kappa shape index (κ2) is 4.53. The first-order chi connectivity index (χ1) is 7.88. The van der Waals surface area contributed by atoms with Crippen molar-refractivity contribution in [1.29, 1.82) is 0 Å². The Kier molecular flexibility index (Phi) is 3.41. The van der Waals surface area contributed by atoms with Gasteiger partial charge in [-0.3, -0.25) is 0 Å². The standard InChI is InChI=1S/C12H21N3OS/c1-8-5-6-15(7-9(8)16)11-14-13-10(17-11)12(2,3)4/h8-9,16H,5-7H2,1-4H3.